The zero-order chi connectivity index (χ0) is 11.5. The molecule has 0 heterocycles. The molecule has 0 aromatic carbocycles. The van der Waals surface area contributed by atoms with Crippen LogP contribution in [0.1, 0.15) is 19.8 Å². The lowest BCUT2D eigenvalue weighted by molar-refractivity contribution is -0.120. The van der Waals surface area contributed by atoms with Gasteiger partial charge in [0.15, 0.2) is 0 Å². The highest BCUT2D eigenvalue weighted by Crippen LogP contribution is 2.41. The first kappa shape index (κ1) is 12.0. The maximum absolute atomic E-state index is 10.9. The second kappa shape index (κ2) is 4.62. The van der Waals surface area contributed by atoms with Gasteiger partial charge >= 0.3 is 0 Å². The van der Waals surface area contributed by atoms with E-state index in [2.05, 4.69) is 18.5 Å². The summed E-state index contributed by atoms with van der Waals surface area (Å²) in [6, 6.07) is 0. The average Bonchev–Trinajstić information content (AvgIpc) is 2.52. The zero-order valence-electron chi connectivity index (χ0n) is 9.20. The number of hydrogen-bond donors (Lipinski definition) is 2. The van der Waals surface area contributed by atoms with Gasteiger partial charge < -0.3 is 10.4 Å². The average molecular weight is 209 g/mol. The highest BCUT2D eigenvalue weighted by molar-refractivity contribution is 5.72. The standard InChI is InChI=1S/C12H19NO2/c1-4-10-6-7-11(5-2)12(10,15)8-13-9(3)14/h4-5,10-11,15H,1-2,6-8H2,3H3,(H,13,14). The van der Waals surface area contributed by atoms with Crippen LogP contribution in [0.25, 0.3) is 0 Å². The number of rotatable bonds is 4. The van der Waals surface area contributed by atoms with Gasteiger partial charge in [0.05, 0.1) is 5.60 Å². The summed E-state index contributed by atoms with van der Waals surface area (Å²) in [6.45, 7) is 9.18. The van der Waals surface area contributed by atoms with E-state index in [-0.39, 0.29) is 24.3 Å². The molecular formula is C12H19NO2. The summed E-state index contributed by atoms with van der Waals surface area (Å²) >= 11 is 0. The molecule has 1 rings (SSSR count). The maximum Gasteiger partial charge on any atom is 0.216 e. The van der Waals surface area contributed by atoms with Crippen LogP contribution in [0.15, 0.2) is 25.3 Å². The van der Waals surface area contributed by atoms with Crippen molar-refractivity contribution in [2.24, 2.45) is 11.8 Å². The number of hydrogen-bond acceptors (Lipinski definition) is 2. The molecule has 84 valence electrons. The summed E-state index contributed by atoms with van der Waals surface area (Å²) in [5, 5.41) is 13.2. The van der Waals surface area contributed by atoms with Gasteiger partial charge in [-0.3, -0.25) is 4.79 Å². The number of aliphatic hydroxyl groups is 1. The Balaban J connectivity index is 2.77. The minimum Gasteiger partial charge on any atom is -0.387 e. The Hall–Kier alpha value is -1.09. The Morgan fingerprint density at radius 3 is 2.27 bits per heavy atom. The van der Waals surface area contributed by atoms with Crippen LogP contribution < -0.4 is 5.32 Å². The van der Waals surface area contributed by atoms with E-state index in [1.807, 2.05) is 0 Å². The van der Waals surface area contributed by atoms with Crippen molar-refractivity contribution < 1.29 is 9.90 Å². The summed E-state index contributed by atoms with van der Waals surface area (Å²) in [7, 11) is 0. The number of nitrogens with one attached hydrogen (secondary N) is 1. The van der Waals surface area contributed by atoms with Crippen LogP contribution >= 0.6 is 0 Å². The van der Waals surface area contributed by atoms with Crippen LogP contribution in [-0.2, 0) is 4.79 Å². The summed E-state index contributed by atoms with van der Waals surface area (Å²) in [5.41, 5.74) is -0.908. The third-order valence-corrected chi connectivity index (χ3v) is 3.26. The lowest BCUT2D eigenvalue weighted by Crippen LogP contribution is -2.48. The Kier molecular flexibility index (Phi) is 3.69. The van der Waals surface area contributed by atoms with E-state index < -0.39 is 5.60 Å². The van der Waals surface area contributed by atoms with E-state index in [0.29, 0.717) is 0 Å². The Labute approximate surface area is 90.9 Å². The molecule has 1 amide bonds. The van der Waals surface area contributed by atoms with Crippen molar-refractivity contribution in [3.63, 3.8) is 0 Å². The van der Waals surface area contributed by atoms with Gasteiger partial charge in [0.2, 0.25) is 5.91 Å². The monoisotopic (exact) mass is 209 g/mol. The molecule has 0 aromatic heterocycles. The minimum absolute atomic E-state index is 0.0346. The van der Waals surface area contributed by atoms with Crippen molar-refractivity contribution in [2.45, 2.75) is 25.4 Å². The molecule has 1 fully saturated rings. The van der Waals surface area contributed by atoms with E-state index in [4.69, 9.17) is 0 Å². The third-order valence-electron chi connectivity index (χ3n) is 3.26. The Morgan fingerprint density at radius 1 is 1.47 bits per heavy atom. The van der Waals surface area contributed by atoms with Gasteiger partial charge in [0.1, 0.15) is 0 Å². The van der Waals surface area contributed by atoms with Crippen molar-refractivity contribution in [1.29, 1.82) is 0 Å². The van der Waals surface area contributed by atoms with Gasteiger partial charge in [-0.05, 0) is 12.8 Å². The van der Waals surface area contributed by atoms with Crippen LogP contribution in [0.2, 0.25) is 0 Å². The van der Waals surface area contributed by atoms with E-state index in [1.165, 1.54) is 6.92 Å². The van der Waals surface area contributed by atoms with E-state index >= 15 is 0 Å². The highest BCUT2D eigenvalue weighted by Gasteiger charge is 2.46. The fraction of sp³-hybridized carbons (Fsp3) is 0.583. The lowest BCUT2D eigenvalue weighted by atomic mass is 9.84. The van der Waals surface area contributed by atoms with Crippen LogP contribution in [0.3, 0.4) is 0 Å². The van der Waals surface area contributed by atoms with Crippen LogP contribution in [0, 0.1) is 11.8 Å². The van der Waals surface area contributed by atoms with Crippen molar-refractivity contribution in [2.75, 3.05) is 6.54 Å². The first-order valence-electron chi connectivity index (χ1n) is 5.26. The summed E-state index contributed by atoms with van der Waals surface area (Å²) in [5.74, 6) is -0.0550. The van der Waals surface area contributed by atoms with Gasteiger partial charge in [-0.25, -0.2) is 0 Å². The molecule has 0 saturated heterocycles. The lowest BCUT2D eigenvalue weighted by Gasteiger charge is -2.32. The molecule has 3 nitrogen and oxygen atoms in total. The SMILES string of the molecule is C=CC1CCC(C=C)C1(O)CNC(C)=O. The third kappa shape index (κ3) is 2.29. The van der Waals surface area contributed by atoms with Gasteiger partial charge in [0, 0.05) is 25.3 Å². The molecule has 1 saturated carbocycles. The molecule has 0 bridgehead atoms. The highest BCUT2D eigenvalue weighted by atomic mass is 16.3. The topological polar surface area (TPSA) is 49.3 Å². The summed E-state index contributed by atoms with van der Waals surface area (Å²) < 4.78 is 0. The van der Waals surface area contributed by atoms with Gasteiger partial charge in [0.25, 0.3) is 0 Å². The molecule has 0 aromatic rings. The molecule has 2 unspecified atom stereocenters. The number of carbonyl (C=O) groups is 1. The molecule has 15 heavy (non-hydrogen) atoms. The Bertz CT molecular complexity index is 257. The van der Waals surface area contributed by atoms with E-state index in [1.54, 1.807) is 12.2 Å². The first-order valence-corrected chi connectivity index (χ1v) is 5.26. The predicted octanol–water partition coefficient (Wildman–Crippen LogP) is 1.25. The smallest absolute Gasteiger partial charge is 0.216 e. The molecule has 3 heteroatoms. The van der Waals surface area contributed by atoms with Crippen molar-refractivity contribution in [3.05, 3.63) is 25.3 Å². The fourth-order valence-electron chi connectivity index (χ4n) is 2.31. The molecule has 0 spiro atoms. The van der Waals surface area contributed by atoms with Crippen LogP contribution in [0.4, 0.5) is 0 Å². The largest absolute Gasteiger partial charge is 0.387 e. The maximum atomic E-state index is 10.9. The predicted molar refractivity (Wildman–Crippen MR) is 60.2 cm³/mol. The second-order valence-corrected chi connectivity index (χ2v) is 4.16. The molecule has 2 atom stereocenters. The molecule has 1 aliphatic rings. The van der Waals surface area contributed by atoms with Gasteiger partial charge in [-0.1, -0.05) is 12.2 Å². The van der Waals surface area contributed by atoms with Gasteiger partial charge in [-0.2, -0.15) is 0 Å². The quantitative estimate of drug-likeness (QED) is 0.685. The van der Waals surface area contributed by atoms with Crippen LogP contribution in [0.5, 0.6) is 0 Å². The van der Waals surface area contributed by atoms with Crippen molar-refractivity contribution in [1.82, 2.24) is 5.32 Å². The minimum atomic E-state index is -0.908. The Morgan fingerprint density at radius 2 is 1.93 bits per heavy atom. The van der Waals surface area contributed by atoms with Crippen molar-refractivity contribution >= 4 is 5.91 Å². The van der Waals surface area contributed by atoms with E-state index in [0.717, 1.165) is 12.8 Å². The van der Waals surface area contributed by atoms with Gasteiger partial charge in [-0.15, -0.1) is 13.2 Å². The second-order valence-electron chi connectivity index (χ2n) is 4.16. The molecule has 1 aliphatic carbocycles. The summed E-state index contributed by atoms with van der Waals surface area (Å²) in [4.78, 5) is 10.9. The zero-order valence-corrected chi connectivity index (χ0v) is 9.20. The van der Waals surface area contributed by atoms with Crippen molar-refractivity contribution in [3.8, 4) is 0 Å². The molecule has 2 N–H and O–H groups in total. The first-order chi connectivity index (χ1) is 7.04. The summed E-state index contributed by atoms with van der Waals surface area (Å²) in [6.07, 6.45) is 5.34. The fourth-order valence-corrected chi connectivity index (χ4v) is 2.31. The molecule has 0 aliphatic heterocycles. The normalized spacial score (nSPS) is 34.8. The van der Waals surface area contributed by atoms with Crippen LogP contribution in [-0.4, -0.2) is 23.2 Å². The number of amides is 1. The number of carbonyl (C=O) groups excluding carboxylic acids is 1. The molecule has 0 radical (unpaired) electrons. The molecular weight excluding hydrogens is 190 g/mol. The van der Waals surface area contributed by atoms with E-state index in [9.17, 15) is 9.90 Å².